The van der Waals surface area contributed by atoms with Crippen LogP contribution in [0.15, 0.2) is 0 Å². The topological polar surface area (TPSA) is 26.3 Å². The van der Waals surface area contributed by atoms with E-state index >= 15 is 0 Å². The van der Waals surface area contributed by atoms with Gasteiger partial charge >= 0.3 is 5.97 Å². The van der Waals surface area contributed by atoms with Gasteiger partial charge in [-0.25, -0.2) is 0 Å². The van der Waals surface area contributed by atoms with Crippen LogP contribution in [0, 0.1) is 11.8 Å². The second-order valence-electron chi connectivity index (χ2n) is 11.1. The van der Waals surface area contributed by atoms with E-state index < -0.39 is 0 Å². The number of hydrogen-bond donors (Lipinski definition) is 0. The molecule has 0 aliphatic carbocycles. The maximum absolute atomic E-state index is 12.3. The van der Waals surface area contributed by atoms with Crippen LogP contribution < -0.4 is 0 Å². The predicted octanol–water partition coefficient (Wildman–Crippen LogP) is 4.52. The molecule has 0 radical (unpaired) electrons. The zero-order chi connectivity index (χ0) is 20.2. The van der Waals surface area contributed by atoms with Crippen molar-refractivity contribution < 1.29 is 18.5 Å². The minimum atomic E-state index is 0.0511. The summed E-state index contributed by atoms with van der Waals surface area (Å²) in [4.78, 5) is 12.3. The highest BCUT2D eigenvalue weighted by atomic mass is 16.5. The SMILES string of the molecule is CCCC(=O)OC(CC1CC[N+]2(CCCC2)CC1)CC1CC[N+]2(CCCC2)CC1. The van der Waals surface area contributed by atoms with Crippen LogP contribution >= 0.6 is 0 Å². The van der Waals surface area contributed by atoms with E-state index in [4.69, 9.17) is 4.74 Å². The number of hydrogen-bond acceptors (Lipinski definition) is 2. The molecule has 166 valence electrons. The predicted molar refractivity (Wildman–Crippen MR) is 117 cm³/mol. The van der Waals surface area contributed by atoms with Crippen LogP contribution in [-0.4, -0.2) is 73.4 Å². The first-order chi connectivity index (χ1) is 14.1. The highest BCUT2D eigenvalue weighted by Crippen LogP contribution is 2.35. The maximum Gasteiger partial charge on any atom is 0.306 e. The van der Waals surface area contributed by atoms with Gasteiger partial charge in [-0.15, -0.1) is 0 Å². The van der Waals surface area contributed by atoms with Gasteiger partial charge in [0.1, 0.15) is 6.10 Å². The summed E-state index contributed by atoms with van der Waals surface area (Å²) in [6.07, 6.45) is 15.1. The van der Waals surface area contributed by atoms with Gasteiger partial charge in [0.15, 0.2) is 0 Å². The summed E-state index contributed by atoms with van der Waals surface area (Å²) < 4.78 is 8.89. The summed E-state index contributed by atoms with van der Waals surface area (Å²) in [7, 11) is 0. The van der Waals surface area contributed by atoms with Gasteiger partial charge in [0.25, 0.3) is 0 Å². The third-order valence-corrected chi connectivity index (χ3v) is 9.02. The van der Waals surface area contributed by atoms with Gasteiger partial charge in [-0.1, -0.05) is 6.92 Å². The zero-order valence-corrected chi connectivity index (χ0v) is 19.1. The fourth-order valence-corrected chi connectivity index (χ4v) is 7.10. The number of ether oxygens (including phenoxy) is 1. The van der Waals surface area contributed by atoms with E-state index in [1.54, 1.807) is 0 Å². The molecule has 4 heteroatoms. The third kappa shape index (κ3) is 5.55. The molecule has 4 heterocycles. The van der Waals surface area contributed by atoms with E-state index in [0.29, 0.717) is 6.42 Å². The van der Waals surface area contributed by atoms with Crippen molar-refractivity contribution in [2.75, 3.05) is 52.4 Å². The summed E-state index contributed by atoms with van der Waals surface area (Å²) >= 11 is 0. The molecule has 0 atom stereocenters. The highest BCUT2D eigenvalue weighted by Gasteiger charge is 2.39. The lowest BCUT2D eigenvalue weighted by atomic mass is 9.84. The molecular formula is C25H46N2O2+2. The van der Waals surface area contributed by atoms with Crippen molar-refractivity contribution in [1.29, 1.82) is 0 Å². The Morgan fingerprint density at radius 1 is 0.759 bits per heavy atom. The van der Waals surface area contributed by atoms with Crippen molar-refractivity contribution in [2.24, 2.45) is 11.8 Å². The van der Waals surface area contributed by atoms with Crippen LogP contribution in [0.1, 0.15) is 84.0 Å². The molecular weight excluding hydrogens is 360 g/mol. The number of carbonyl (C=O) groups excluding carboxylic acids is 1. The van der Waals surface area contributed by atoms with Crippen molar-refractivity contribution in [1.82, 2.24) is 0 Å². The lowest BCUT2D eigenvalue weighted by Gasteiger charge is -2.42. The minimum absolute atomic E-state index is 0.0511. The number of rotatable bonds is 7. The van der Waals surface area contributed by atoms with Crippen molar-refractivity contribution >= 4 is 5.97 Å². The second kappa shape index (κ2) is 9.68. The Hall–Kier alpha value is -0.610. The van der Waals surface area contributed by atoms with Gasteiger partial charge in [-0.3, -0.25) is 4.79 Å². The van der Waals surface area contributed by atoms with Crippen LogP contribution in [0.25, 0.3) is 0 Å². The Morgan fingerprint density at radius 2 is 1.17 bits per heavy atom. The molecule has 4 nitrogen and oxygen atoms in total. The summed E-state index contributed by atoms with van der Waals surface area (Å²) in [5.41, 5.74) is 0. The molecule has 4 rings (SSSR count). The molecule has 0 saturated carbocycles. The lowest BCUT2D eigenvalue weighted by Crippen LogP contribution is -2.51. The molecule has 0 N–H and O–H groups in total. The molecule has 29 heavy (non-hydrogen) atoms. The molecule has 4 aliphatic rings. The first-order valence-electron chi connectivity index (χ1n) is 13.0. The van der Waals surface area contributed by atoms with Crippen molar-refractivity contribution in [3.63, 3.8) is 0 Å². The molecule has 4 fully saturated rings. The summed E-state index contributed by atoms with van der Waals surface area (Å²) in [5, 5.41) is 0. The van der Waals surface area contributed by atoms with Crippen LogP contribution in [-0.2, 0) is 9.53 Å². The van der Waals surface area contributed by atoms with E-state index in [0.717, 1.165) is 31.1 Å². The van der Waals surface area contributed by atoms with Gasteiger partial charge in [0.2, 0.25) is 0 Å². The highest BCUT2D eigenvalue weighted by molar-refractivity contribution is 5.69. The van der Waals surface area contributed by atoms with Gasteiger partial charge < -0.3 is 13.7 Å². The molecule has 0 aromatic carbocycles. The number of esters is 1. The van der Waals surface area contributed by atoms with E-state index in [2.05, 4.69) is 6.92 Å². The van der Waals surface area contributed by atoms with E-state index in [1.807, 2.05) is 0 Å². The Bertz CT molecular complexity index is 479. The minimum Gasteiger partial charge on any atom is -0.462 e. The Kier molecular flexibility index (Phi) is 7.22. The lowest BCUT2D eigenvalue weighted by molar-refractivity contribution is -0.922. The fourth-order valence-electron chi connectivity index (χ4n) is 7.10. The summed E-state index contributed by atoms with van der Waals surface area (Å²) in [6.45, 7) is 13.3. The number of nitrogens with zero attached hydrogens (tertiary/aromatic N) is 2. The summed E-state index contributed by atoms with van der Waals surface area (Å²) in [5.74, 6) is 1.61. The van der Waals surface area contributed by atoms with E-state index in [1.165, 1.54) is 113 Å². The first kappa shape index (κ1) is 21.6. The molecule has 0 aromatic rings. The Morgan fingerprint density at radius 3 is 1.55 bits per heavy atom. The van der Waals surface area contributed by atoms with E-state index in [-0.39, 0.29) is 12.1 Å². The largest absolute Gasteiger partial charge is 0.462 e. The quantitative estimate of drug-likeness (QED) is 0.459. The smallest absolute Gasteiger partial charge is 0.306 e. The maximum atomic E-state index is 12.3. The Balaban J connectivity index is 1.28. The molecule has 0 bridgehead atoms. The average Bonchev–Trinajstić information content (AvgIpc) is 3.36. The van der Waals surface area contributed by atoms with Crippen LogP contribution in [0.2, 0.25) is 0 Å². The molecule has 4 saturated heterocycles. The molecule has 0 amide bonds. The van der Waals surface area contributed by atoms with Crippen LogP contribution in [0.3, 0.4) is 0 Å². The van der Waals surface area contributed by atoms with E-state index in [9.17, 15) is 4.79 Å². The number of carbonyl (C=O) groups is 1. The summed E-state index contributed by atoms with van der Waals surface area (Å²) in [6, 6.07) is 0. The van der Waals surface area contributed by atoms with Gasteiger partial charge in [0.05, 0.1) is 52.4 Å². The normalized spacial score (nSPS) is 30.0. The van der Waals surface area contributed by atoms with Crippen molar-refractivity contribution in [3.05, 3.63) is 0 Å². The molecule has 4 aliphatic heterocycles. The van der Waals surface area contributed by atoms with Crippen molar-refractivity contribution in [3.8, 4) is 0 Å². The standard InChI is InChI=1S/C25H46N2O2/c1-2-7-25(28)29-24(20-22-8-16-26(17-9-22)12-3-4-13-26)21-23-10-18-27(19-11-23)14-5-6-15-27/h22-24H,2-21H2,1H3/q+2. The van der Waals surface area contributed by atoms with Crippen LogP contribution in [0.4, 0.5) is 0 Å². The van der Waals surface area contributed by atoms with Crippen LogP contribution in [0.5, 0.6) is 0 Å². The average molecular weight is 407 g/mol. The fraction of sp³-hybridized carbons (Fsp3) is 0.960. The van der Waals surface area contributed by atoms with Gasteiger partial charge in [-0.05, 0) is 56.8 Å². The molecule has 2 spiro atoms. The Labute approximate surface area is 179 Å². The van der Waals surface area contributed by atoms with Gasteiger partial charge in [-0.2, -0.15) is 0 Å². The second-order valence-corrected chi connectivity index (χ2v) is 11.1. The monoisotopic (exact) mass is 406 g/mol. The molecule has 0 aromatic heterocycles. The number of quaternary nitrogens is 2. The van der Waals surface area contributed by atoms with Gasteiger partial charge in [0, 0.05) is 32.1 Å². The zero-order valence-electron chi connectivity index (χ0n) is 19.1. The first-order valence-corrected chi connectivity index (χ1v) is 13.0. The third-order valence-electron chi connectivity index (χ3n) is 9.02. The molecule has 0 unspecified atom stereocenters. The van der Waals surface area contributed by atoms with Crippen molar-refractivity contribution in [2.45, 2.75) is 90.1 Å². The number of piperidine rings is 2.